The first-order valence-electron chi connectivity index (χ1n) is 43.6. The van der Waals surface area contributed by atoms with Crippen molar-refractivity contribution in [2.24, 2.45) is 5.92 Å². The molecule has 2 unspecified atom stereocenters. The Labute approximate surface area is 632 Å². The normalized spacial score (nSPS) is 13.8. The first-order chi connectivity index (χ1) is 50.0. The summed E-state index contributed by atoms with van der Waals surface area (Å²) in [6.07, 6.45) is 69.4. The minimum absolute atomic E-state index is 0.108. The van der Waals surface area contributed by atoms with Crippen molar-refractivity contribution >= 4 is 39.5 Å². The molecule has 0 heterocycles. The number of esters is 4. The van der Waals surface area contributed by atoms with Crippen LogP contribution in [0.2, 0.25) is 0 Å². The summed E-state index contributed by atoms with van der Waals surface area (Å²) in [5, 5.41) is 10.7. The van der Waals surface area contributed by atoms with Crippen LogP contribution in [0, 0.1) is 5.92 Å². The summed E-state index contributed by atoms with van der Waals surface area (Å²) in [6, 6.07) is 0. The van der Waals surface area contributed by atoms with Crippen molar-refractivity contribution in [2.75, 3.05) is 39.6 Å². The highest BCUT2D eigenvalue weighted by Gasteiger charge is 2.30. The second kappa shape index (κ2) is 76.8. The SMILES string of the molecule is CCCCCCCCCCCCCCCCCCCCCCCC(=O)O[C@H](COC(=O)CCCCCCCCCCCCCCCCCC(C)C)COP(=O)(O)OC[C@@H](O)COP(=O)(O)OC[C@@H](COC(=O)CCCCCCCCCCCCCC)OC(=O)CCCCCCCCCCCCCC. The molecule has 0 amide bonds. The summed E-state index contributed by atoms with van der Waals surface area (Å²) in [6.45, 7) is 7.38. The summed E-state index contributed by atoms with van der Waals surface area (Å²) in [7, 11) is -9.92. The van der Waals surface area contributed by atoms with Crippen LogP contribution in [0.3, 0.4) is 0 Å². The van der Waals surface area contributed by atoms with Crippen LogP contribution >= 0.6 is 15.6 Å². The Morgan fingerprint density at radius 2 is 0.447 bits per heavy atom. The average Bonchev–Trinajstić information content (AvgIpc) is 0.916. The molecular weight excluding hydrogens is 1340 g/mol. The largest absolute Gasteiger partial charge is 0.472 e. The molecule has 0 saturated carbocycles. The Morgan fingerprint density at radius 1 is 0.262 bits per heavy atom. The first kappa shape index (κ1) is 101. The zero-order valence-electron chi connectivity index (χ0n) is 67.5. The molecule has 0 aromatic rings. The zero-order valence-corrected chi connectivity index (χ0v) is 69.3. The second-order valence-electron chi connectivity index (χ2n) is 30.7. The van der Waals surface area contributed by atoms with Gasteiger partial charge in [0, 0.05) is 25.7 Å². The molecule has 0 spiro atoms. The van der Waals surface area contributed by atoms with E-state index in [-0.39, 0.29) is 25.7 Å². The third-order valence-electron chi connectivity index (χ3n) is 19.8. The van der Waals surface area contributed by atoms with Crippen LogP contribution in [0.5, 0.6) is 0 Å². The second-order valence-corrected chi connectivity index (χ2v) is 33.6. The third-order valence-corrected chi connectivity index (χ3v) is 21.7. The van der Waals surface area contributed by atoms with Gasteiger partial charge in [0.2, 0.25) is 0 Å². The van der Waals surface area contributed by atoms with Crippen LogP contribution in [-0.4, -0.2) is 96.7 Å². The maximum absolute atomic E-state index is 13.1. The van der Waals surface area contributed by atoms with Crippen molar-refractivity contribution in [1.82, 2.24) is 0 Å². The molecule has 0 aliphatic carbocycles. The van der Waals surface area contributed by atoms with Crippen molar-refractivity contribution < 1.29 is 80.2 Å². The topological polar surface area (TPSA) is 237 Å². The molecule has 0 rings (SSSR count). The maximum Gasteiger partial charge on any atom is 0.472 e. The van der Waals surface area contributed by atoms with Crippen molar-refractivity contribution in [1.29, 1.82) is 0 Å². The Hall–Kier alpha value is -1.94. The molecule has 0 aromatic heterocycles. The van der Waals surface area contributed by atoms with Gasteiger partial charge in [-0.25, -0.2) is 9.13 Å². The summed E-state index contributed by atoms with van der Waals surface area (Å²) in [5.74, 6) is -1.29. The highest BCUT2D eigenvalue weighted by molar-refractivity contribution is 7.47. The van der Waals surface area contributed by atoms with Gasteiger partial charge in [0.15, 0.2) is 12.2 Å². The summed E-state index contributed by atoms with van der Waals surface area (Å²) >= 11 is 0. The fourth-order valence-corrected chi connectivity index (χ4v) is 14.7. The Morgan fingerprint density at radius 3 is 0.660 bits per heavy atom. The lowest BCUT2D eigenvalue weighted by atomic mass is 10.0. The van der Waals surface area contributed by atoms with Gasteiger partial charge >= 0.3 is 39.5 Å². The van der Waals surface area contributed by atoms with Crippen molar-refractivity contribution in [3.8, 4) is 0 Å². The van der Waals surface area contributed by atoms with E-state index in [1.54, 1.807) is 0 Å². The van der Waals surface area contributed by atoms with Crippen LogP contribution in [0.4, 0.5) is 0 Å². The number of ether oxygens (including phenoxy) is 4. The molecule has 0 saturated heterocycles. The monoisotopic (exact) mass is 1510 g/mol. The fraction of sp³-hybridized carbons (Fsp3) is 0.952. The number of carbonyl (C=O) groups is 4. The molecule has 612 valence electrons. The van der Waals surface area contributed by atoms with E-state index in [9.17, 15) is 43.2 Å². The Bertz CT molecular complexity index is 1960. The maximum atomic E-state index is 13.1. The molecule has 0 aliphatic heterocycles. The van der Waals surface area contributed by atoms with E-state index in [0.717, 1.165) is 95.8 Å². The zero-order chi connectivity index (χ0) is 75.5. The first-order valence-corrected chi connectivity index (χ1v) is 46.6. The molecule has 103 heavy (non-hydrogen) atoms. The number of carbonyl (C=O) groups excluding carboxylic acids is 4. The number of phosphoric ester groups is 2. The smallest absolute Gasteiger partial charge is 0.462 e. The molecule has 17 nitrogen and oxygen atoms in total. The highest BCUT2D eigenvalue weighted by atomic mass is 31.2. The van der Waals surface area contributed by atoms with Crippen LogP contribution in [0.15, 0.2) is 0 Å². The van der Waals surface area contributed by atoms with E-state index in [1.165, 1.54) is 276 Å². The number of rotatable bonds is 84. The lowest BCUT2D eigenvalue weighted by Crippen LogP contribution is -2.30. The minimum Gasteiger partial charge on any atom is -0.462 e. The Balaban J connectivity index is 5.22. The van der Waals surface area contributed by atoms with E-state index >= 15 is 0 Å². The van der Waals surface area contributed by atoms with Gasteiger partial charge < -0.3 is 33.8 Å². The third kappa shape index (κ3) is 78.0. The van der Waals surface area contributed by atoms with Gasteiger partial charge in [-0.2, -0.15) is 0 Å². The van der Waals surface area contributed by atoms with Gasteiger partial charge in [0.1, 0.15) is 19.3 Å². The van der Waals surface area contributed by atoms with Crippen LogP contribution in [0.25, 0.3) is 0 Å². The van der Waals surface area contributed by atoms with Crippen molar-refractivity contribution in [3.05, 3.63) is 0 Å². The van der Waals surface area contributed by atoms with Crippen LogP contribution in [-0.2, 0) is 65.4 Å². The highest BCUT2D eigenvalue weighted by Crippen LogP contribution is 2.45. The van der Waals surface area contributed by atoms with Crippen LogP contribution < -0.4 is 0 Å². The van der Waals surface area contributed by atoms with Gasteiger partial charge in [0.05, 0.1) is 26.4 Å². The van der Waals surface area contributed by atoms with Gasteiger partial charge in [-0.3, -0.25) is 37.3 Å². The number of hydrogen-bond acceptors (Lipinski definition) is 15. The number of aliphatic hydroxyl groups is 1. The van der Waals surface area contributed by atoms with Gasteiger partial charge in [-0.15, -0.1) is 0 Å². The number of hydrogen-bond donors (Lipinski definition) is 3. The van der Waals surface area contributed by atoms with Crippen LogP contribution in [0.1, 0.15) is 452 Å². The predicted molar refractivity (Wildman–Crippen MR) is 423 cm³/mol. The van der Waals surface area contributed by atoms with Gasteiger partial charge in [-0.1, -0.05) is 401 Å². The van der Waals surface area contributed by atoms with Crippen molar-refractivity contribution in [2.45, 2.75) is 470 Å². The molecule has 0 aliphatic rings. The van der Waals surface area contributed by atoms with Crippen molar-refractivity contribution in [3.63, 3.8) is 0 Å². The van der Waals surface area contributed by atoms with E-state index < -0.39 is 97.5 Å². The number of phosphoric acid groups is 2. The van der Waals surface area contributed by atoms with E-state index in [2.05, 4.69) is 34.6 Å². The molecule has 0 aromatic carbocycles. The lowest BCUT2D eigenvalue weighted by molar-refractivity contribution is -0.161. The van der Waals surface area contributed by atoms with E-state index in [1.807, 2.05) is 0 Å². The molecular formula is C84H164O17P2. The number of unbranched alkanes of at least 4 members (excludes halogenated alkanes) is 56. The summed E-state index contributed by atoms with van der Waals surface area (Å²) < 4.78 is 68.8. The van der Waals surface area contributed by atoms with E-state index in [0.29, 0.717) is 25.7 Å². The summed E-state index contributed by atoms with van der Waals surface area (Å²) in [4.78, 5) is 73.1. The molecule has 0 radical (unpaired) electrons. The van der Waals surface area contributed by atoms with Gasteiger partial charge in [0.25, 0.3) is 0 Å². The predicted octanol–water partition coefficient (Wildman–Crippen LogP) is 25.6. The molecule has 5 atom stereocenters. The summed E-state index contributed by atoms with van der Waals surface area (Å²) in [5.41, 5.74) is 0. The standard InChI is InChI=1S/C84H164O17P2/c1-6-9-12-15-18-21-24-27-28-29-30-31-32-33-36-40-45-50-55-60-65-70-84(89)101-80(74-95-82(87)68-63-58-53-48-44-39-37-34-35-38-41-46-51-56-61-66-77(4)5)76-99-103(92,93)97-72-78(85)71-96-102(90,91)98-75-79(100-83(88)69-64-59-54-49-43-26-23-20-17-14-11-8-3)73-94-81(86)67-62-57-52-47-42-25-22-19-16-13-10-7-2/h77-80,85H,6-76H2,1-5H3,(H,90,91)(H,92,93)/t78-,79+,80+/m0/s1. The Kier molecular flexibility index (Phi) is 75.4. The quantitative estimate of drug-likeness (QED) is 0.0222. The minimum atomic E-state index is -4.96. The van der Waals surface area contributed by atoms with Gasteiger partial charge in [-0.05, 0) is 31.6 Å². The number of aliphatic hydroxyl groups excluding tert-OH is 1. The average molecular weight is 1510 g/mol. The molecule has 0 bridgehead atoms. The molecule has 0 fully saturated rings. The molecule has 19 heteroatoms. The molecule has 3 N–H and O–H groups in total. The fourth-order valence-electron chi connectivity index (χ4n) is 13.1. The lowest BCUT2D eigenvalue weighted by Gasteiger charge is -2.21. The van der Waals surface area contributed by atoms with E-state index in [4.69, 9.17) is 37.0 Å².